The molecule has 0 bridgehead atoms. The number of nitrogens with one attached hydrogen (secondary N) is 2. The quantitative estimate of drug-likeness (QED) is 0.169. The first kappa shape index (κ1) is 31.1. The number of aryl methyl sites for hydroxylation is 1. The average molecular weight is 621 g/mol. The van der Waals surface area contributed by atoms with E-state index in [1.54, 1.807) is 84.9 Å². The molecule has 222 valence electrons. The van der Waals surface area contributed by atoms with Crippen molar-refractivity contribution in [1.82, 2.24) is 5.43 Å². The van der Waals surface area contributed by atoms with E-state index in [4.69, 9.17) is 21.1 Å². The number of para-hydroxylation sites is 2. The largest absolute Gasteiger partial charge is 0.495 e. The zero-order valence-electron chi connectivity index (χ0n) is 23.4. The van der Waals surface area contributed by atoms with E-state index >= 15 is 0 Å². The van der Waals surface area contributed by atoms with Crippen LogP contribution in [0.1, 0.15) is 11.1 Å². The van der Waals surface area contributed by atoms with Crippen molar-refractivity contribution >= 4 is 51.0 Å². The van der Waals surface area contributed by atoms with Gasteiger partial charge in [-0.3, -0.25) is 13.9 Å². The Bertz CT molecular complexity index is 1710. The molecule has 0 heterocycles. The van der Waals surface area contributed by atoms with Crippen molar-refractivity contribution in [3.63, 3.8) is 0 Å². The molecule has 0 aliphatic rings. The van der Waals surface area contributed by atoms with Crippen LogP contribution in [0.3, 0.4) is 0 Å². The van der Waals surface area contributed by atoms with E-state index in [0.29, 0.717) is 27.8 Å². The van der Waals surface area contributed by atoms with Crippen molar-refractivity contribution in [1.29, 1.82) is 0 Å². The van der Waals surface area contributed by atoms with E-state index in [9.17, 15) is 18.0 Å². The van der Waals surface area contributed by atoms with Gasteiger partial charge in [-0.1, -0.05) is 47.5 Å². The van der Waals surface area contributed by atoms with Crippen molar-refractivity contribution in [2.45, 2.75) is 11.8 Å². The van der Waals surface area contributed by atoms with Crippen molar-refractivity contribution in [3.8, 4) is 11.5 Å². The Hall–Kier alpha value is -4.87. The Morgan fingerprint density at radius 2 is 1.65 bits per heavy atom. The summed E-state index contributed by atoms with van der Waals surface area (Å²) in [6.45, 7) is 1.10. The number of benzene rings is 4. The summed E-state index contributed by atoms with van der Waals surface area (Å²) in [5, 5.41) is 7.17. The number of carbonyl (C=O) groups is 2. The lowest BCUT2D eigenvalue weighted by atomic mass is 10.2. The fraction of sp³-hybridized carbons (Fsp3) is 0.129. The van der Waals surface area contributed by atoms with Crippen molar-refractivity contribution in [2.75, 3.05) is 29.9 Å². The zero-order valence-corrected chi connectivity index (χ0v) is 24.9. The summed E-state index contributed by atoms with van der Waals surface area (Å²) in [5.41, 5.74) is 4.67. The van der Waals surface area contributed by atoms with Gasteiger partial charge < -0.3 is 14.8 Å². The van der Waals surface area contributed by atoms with Crippen LogP contribution >= 0.6 is 11.6 Å². The second kappa shape index (κ2) is 14.3. The predicted molar refractivity (Wildman–Crippen MR) is 166 cm³/mol. The van der Waals surface area contributed by atoms with Gasteiger partial charge in [0, 0.05) is 10.7 Å². The number of anilines is 2. The summed E-state index contributed by atoms with van der Waals surface area (Å²) in [6, 6.07) is 26.3. The lowest BCUT2D eigenvalue weighted by Crippen LogP contribution is -2.39. The standard InChI is InChI=1S/C31H29ClN4O6S/c1-22-10-16-27(17-11-22)43(39,40)36(28-8-3-4-9-29(28)41-2)20-30(37)35-33-19-23-12-14-26(15-13-23)42-21-31(38)34-25-7-5-6-24(32)18-25/h3-19H,20-21H2,1-2H3,(H,34,38)(H,35,37)/b33-19-. The molecule has 2 amide bonds. The minimum Gasteiger partial charge on any atom is -0.495 e. The van der Waals surface area contributed by atoms with Gasteiger partial charge in [0.05, 0.1) is 23.9 Å². The molecule has 0 aromatic heterocycles. The summed E-state index contributed by atoms with van der Waals surface area (Å²) in [4.78, 5) is 25.0. The van der Waals surface area contributed by atoms with Gasteiger partial charge in [0.15, 0.2) is 6.61 Å². The monoisotopic (exact) mass is 620 g/mol. The lowest BCUT2D eigenvalue weighted by molar-refractivity contribution is -0.119. The third kappa shape index (κ3) is 8.57. The van der Waals surface area contributed by atoms with Crippen molar-refractivity contribution in [2.24, 2.45) is 5.10 Å². The van der Waals surface area contributed by atoms with Crippen LogP contribution in [0.5, 0.6) is 11.5 Å². The van der Waals surface area contributed by atoms with Crippen LogP contribution in [-0.4, -0.2) is 46.7 Å². The molecule has 4 rings (SSSR count). The second-order valence-electron chi connectivity index (χ2n) is 9.21. The van der Waals surface area contributed by atoms with Gasteiger partial charge in [-0.05, 0) is 79.2 Å². The number of rotatable bonds is 12. The topological polar surface area (TPSA) is 126 Å². The molecular formula is C31H29ClN4O6S. The molecule has 10 nitrogen and oxygen atoms in total. The summed E-state index contributed by atoms with van der Waals surface area (Å²) in [5.74, 6) is -0.263. The highest BCUT2D eigenvalue weighted by Gasteiger charge is 2.29. The van der Waals surface area contributed by atoms with Crippen LogP contribution in [0.4, 0.5) is 11.4 Å². The minimum absolute atomic E-state index is 0.0320. The molecule has 43 heavy (non-hydrogen) atoms. The van der Waals surface area contributed by atoms with Crippen LogP contribution in [0.15, 0.2) is 107 Å². The predicted octanol–water partition coefficient (Wildman–Crippen LogP) is 5.02. The van der Waals surface area contributed by atoms with E-state index in [1.165, 1.54) is 25.5 Å². The number of nitrogens with zero attached hydrogens (tertiary/aromatic N) is 2. The van der Waals surface area contributed by atoms with Gasteiger partial charge in [0.1, 0.15) is 18.0 Å². The molecule has 0 spiro atoms. The third-order valence-electron chi connectivity index (χ3n) is 6.01. The Balaban J connectivity index is 1.37. The molecule has 12 heteroatoms. The van der Waals surface area contributed by atoms with Crippen molar-refractivity contribution < 1.29 is 27.5 Å². The molecule has 2 N–H and O–H groups in total. The van der Waals surface area contributed by atoms with E-state index in [1.807, 2.05) is 6.92 Å². The van der Waals surface area contributed by atoms with E-state index < -0.39 is 22.5 Å². The summed E-state index contributed by atoms with van der Waals surface area (Å²) >= 11 is 5.93. The van der Waals surface area contributed by atoms with Crippen LogP contribution in [0.25, 0.3) is 0 Å². The minimum atomic E-state index is -4.12. The second-order valence-corrected chi connectivity index (χ2v) is 11.5. The van der Waals surface area contributed by atoms with Crippen LogP contribution in [-0.2, 0) is 19.6 Å². The highest BCUT2D eigenvalue weighted by atomic mass is 35.5. The number of hydrogen-bond donors (Lipinski definition) is 2. The smallest absolute Gasteiger partial charge is 0.264 e. The maximum absolute atomic E-state index is 13.6. The first-order valence-corrected chi connectivity index (χ1v) is 14.8. The molecule has 4 aromatic rings. The van der Waals surface area contributed by atoms with E-state index in [0.717, 1.165) is 9.87 Å². The molecule has 0 fully saturated rings. The highest BCUT2D eigenvalue weighted by Crippen LogP contribution is 2.32. The molecular weight excluding hydrogens is 592 g/mol. The summed E-state index contributed by atoms with van der Waals surface area (Å²) < 4.78 is 39.0. The van der Waals surface area contributed by atoms with Crippen LogP contribution in [0, 0.1) is 6.92 Å². The number of hydrogen-bond acceptors (Lipinski definition) is 7. The Kier molecular flexibility index (Phi) is 10.4. The maximum Gasteiger partial charge on any atom is 0.264 e. The Morgan fingerprint density at radius 3 is 2.35 bits per heavy atom. The molecule has 0 radical (unpaired) electrons. The van der Waals surface area contributed by atoms with E-state index in [2.05, 4.69) is 15.8 Å². The maximum atomic E-state index is 13.6. The summed E-state index contributed by atoms with van der Waals surface area (Å²) in [6.07, 6.45) is 1.40. The first-order chi connectivity index (χ1) is 20.7. The highest BCUT2D eigenvalue weighted by molar-refractivity contribution is 7.92. The Morgan fingerprint density at radius 1 is 0.930 bits per heavy atom. The molecule has 0 aliphatic carbocycles. The number of amides is 2. The molecule has 4 aromatic carbocycles. The molecule has 0 aliphatic heterocycles. The van der Waals surface area contributed by atoms with Gasteiger partial charge in [-0.25, -0.2) is 13.8 Å². The number of halogens is 1. The zero-order chi connectivity index (χ0) is 30.8. The molecule has 0 saturated heterocycles. The number of carbonyl (C=O) groups excluding carboxylic acids is 2. The van der Waals surface area contributed by atoms with E-state index in [-0.39, 0.29) is 23.1 Å². The molecule has 0 saturated carbocycles. The van der Waals surface area contributed by atoms with Gasteiger partial charge in [-0.2, -0.15) is 5.10 Å². The third-order valence-corrected chi connectivity index (χ3v) is 8.02. The molecule has 0 unspecified atom stereocenters. The first-order valence-electron chi connectivity index (χ1n) is 13.0. The van der Waals surface area contributed by atoms with Crippen LogP contribution < -0.4 is 24.5 Å². The fourth-order valence-electron chi connectivity index (χ4n) is 3.88. The summed E-state index contributed by atoms with van der Waals surface area (Å²) in [7, 11) is -2.70. The van der Waals surface area contributed by atoms with Gasteiger partial charge in [0.25, 0.3) is 21.8 Å². The molecule has 0 atom stereocenters. The average Bonchev–Trinajstić information content (AvgIpc) is 2.99. The fourth-order valence-corrected chi connectivity index (χ4v) is 5.50. The van der Waals surface area contributed by atoms with Gasteiger partial charge >= 0.3 is 0 Å². The number of methoxy groups -OCH3 is 1. The van der Waals surface area contributed by atoms with Crippen molar-refractivity contribution in [3.05, 3.63) is 113 Å². The Labute approximate surface area is 254 Å². The van der Waals surface area contributed by atoms with Gasteiger partial charge in [-0.15, -0.1) is 0 Å². The van der Waals surface area contributed by atoms with Crippen LogP contribution in [0.2, 0.25) is 5.02 Å². The normalized spacial score (nSPS) is 11.1. The number of hydrazone groups is 1. The number of ether oxygens (including phenoxy) is 2. The number of sulfonamides is 1. The lowest BCUT2D eigenvalue weighted by Gasteiger charge is -2.25. The SMILES string of the molecule is COc1ccccc1N(CC(=O)N/N=C\c1ccc(OCC(=O)Nc2cccc(Cl)c2)cc1)S(=O)(=O)c1ccc(C)cc1. The van der Waals surface area contributed by atoms with Gasteiger partial charge in [0.2, 0.25) is 0 Å².